The number of pyridine rings is 1. The number of halogens is 1. The van der Waals surface area contributed by atoms with Crippen molar-refractivity contribution >= 4 is 28.5 Å². The number of ether oxygens (including phenoxy) is 1. The molecular formula is C16H18ClNO2. The largest absolute Gasteiger partial charge is 0.461 e. The van der Waals surface area contributed by atoms with Gasteiger partial charge < -0.3 is 4.74 Å². The maximum atomic E-state index is 12.0. The van der Waals surface area contributed by atoms with E-state index in [1.807, 2.05) is 24.3 Å². The van der Waals surface area contributed by atoms with E-state index in [0.717, 1.165) is 11.8 Å². The Morgan fingerprint density at radius 2 is 2.00 bits per heavy atom. The fraction of sp³-hybridized carbons (Fsp3) is 0.375. The van der Waals surface area contributed by atoms with Gasteiger partial charge in [0.2, 0.25) is 0 Å². The van der Waals surface area contributed by atoms with Crippen LogP contribution >= 0.6 is 11.6 Å². The normalized spacial score (nSPS) is 11.6. The minimum atomic E-state index is -0.429. The SMILES string of the molecule is CC(C)(C)CCOC(=O)c1cc(Cl)c2ccccc2n1. The van der Waals surface area contributed by atoms with Crippen molar-refractivity contribution in [2.45, 2.75) is 27.2 Å². The molecule has 20 heavy (non-hydrogen) atoms. The van der Waals surface area contributed by atoms with E-state index in [0.29, 0.717) is 17.1 Å². The number of aromatic nitrogens is 1. The van der Waals surface area contributed by atoms with Crippen molar-refractivity contribution in [2.75, 3.05) is 6.61 Å². The standard InChI is InChI=1S/C16H18ClNO2/c1-16(2,3)8-9-20-15(19)14-10-12(17)11-6-4-5-7-13(11)18-14/h4-7,10H,8-9H2,1-3H3. The number of hydrogen-bond donors (Lipinski definition) is 0. The third-order valence-electron chi connectivity index (χ3n) is 2.96. The van der Waals surface area contributed by atoms with Crippen LogP contribution in [0.2, 0.25) is 5.02 Å². The Hall–Kier alpha value is -1.61. The number of fused-ring (bicyclic) bond motifs is 1. The predicted molar refractivity (Wildman–Crippen MR) is 81.1 cm³/mol. The molecule has 0 saturated carbocycles. The minimum Gasteiger partial charge on any atom is -0.461 e. The topological polar surface area (TPSA) is 39.2 Å². The number of esters is 1. The number of nitrogens with zero attached hydrogens (tertiary/aromatic N) is 1. The maximum Gasteiger partial charge on any atom is 0.356 e. The van der Waals surface area contributed by atoms with E-state index >= 15 is 0 Å². The highest BCUT2D eigenvalue weighted by Crippen LogP contribution is 2.23. The van der Waals surface area contributed by atoms with Gasteiger partial charge in [-0.2, -0.15) is 0 Å². The van der Waals surface area contributed by atoms with Crippen LogP contribution in [-0.2, 0) is 4.74 Å². The predicted octanol–water partition coefficient (Wildman–Crippen LogP) is 4.48. The van der Waals surface area contributed by atoms with Crippen LogP contribution in [0.3, 0.4) is 0 Å². The van der Waals surface area contributed by atoms with Crippen LogP contribution in [0.1, 0.15) is 37.7 Å². The summed E-state index contributed by atoms with van der Waals surface area (Å²) >= 11 is 6.17. The number of carbonyl (C=O) groups is 1. The molecule has 2 aromatic rings. The summed E-state index contributed by atoms with van der Waals surface area (Å²) in [4.78, 5) is 16.3. The molecule has 0 aliphatic heterocycles. The van der Waals surface area contributed by atoms with Gasteiger partial charge in [-0.05, 0) is 24.0 Å². The van der Waals surface area contributed by atoms with Crippen LogP contribution in [0.5, 0.6) is 0 Å². The van der Waals surface area contributed by atoms with Gasteiger partial charge in [0.25, 0.3) is 0 Å². The second-order valence-electron chi connectivity index (χ2n) is 5.95. The molecule has 0 atom stereocenters. The number of para-hydroxylation sites is 1. The smallest absolute Gasteiger partial charge is 0.356 e. The molecule has 0 aliphatic rings. The van der Waals surface area contributed by atoms with E-state index in [4.69, 9.17) is 16.3 Å². The van der Waals surface area contributed by atoms with E-state index in [9.17, 15) is 4.79 Å². The van der Waals surface area contributed by atoms with Gasteiger partial charge in [-0.3, -0.25) is 0 Å². The zero-order valence-electron chi connectivity index (χ0n) is 11.9. The Labute approximate surface area is 123 Å². The van der Waals surface area contributed by atoms with Crippen molar-refractivity contribution < 1.29 is 9.53 Å². The maximum absolute atomic E-state index is 12.0. The number of benzene rings is 1. The molecule has 0 unspecified atom stereocenters. The van der Waals surface area contributed by atoms with Crippen molar-refractivity contribution in [3.05, 3.63) is 41.0 Å². The molecule has 0 aliphatic carbocycles. The van der Waals surface area contributed by atoms with Crippen LogP contribution < -0.4 is 0 Å². The first-order valence-corrected chi connectivity index (χ1v) is 6.97. The zero-order valence-corrected chi connectivity index (χ0v) is 12.7. The van der Waals surface area contributed by atoms with E-state index in [-0.39, 0.29) is 11.1 Å². The zero-order chi connectivity index (χ0) is 14.8. The van der Waals surface area contributed by atoms with Gasteiger partial charge in [-0.25, -0.2) is 9.78 Å². The fourth-order valence-electron chi connectivity index (χ4n) is 1.76. The highest BCUT2D eigenvalue weighted by molar-refractivity contribution is 6.35. The van der Waals surface area contributed by atoms with Crippen LogP contribution in [0.4, 0.5) is 0 Å². The summed E-state index contributed by atoms with van der Waals surface area (Å²) < 4.78 is 5.25. The molecule has 0 bridgehead atoms. The molecule has 0 fully saturated rings. The molecule has 0 radical (unpaired) electrons. The second kappa shape index (κ2) is 5.80. The summed E-state index contributed by atoms with van der Waals surface area (Å²) in [7, 11) is 0. The summed E-state index contributed by atoms with van der Waals surface area (Å²) in [5.74, 6) is -0.429. The average molecular weight is 292 g/mol. The fourth-order valence-corrected chi connectivity index (χ4v) is 2.02. The van der Waals surface area contributed by atoms with Crippen molar-refractivity contribution in [1.29, 1.82) is 0 Å². The van der Waals surface area contributed by atoms with E-state index in [2.05, 4.69) is 25.8 Å². The molecule has 0 spiro atoms. The Balaban J connectivity index is 2.14. The number of carbonyl (C=O) groups excluding carboxylic acids is 1. The lowest BCUT2D eigenvalue weighted by Crippen LogP contribution is -2.14. The van der Waals surface area contributed by atoms with E-state index in [1.165, 1.54) is 0 Å². The minimum absolute atomic E-state index is 0.134. The summed E-state index contributed by atoms with van der Waals surface area (Å²) in [5.41, 5.74) is 1.08. The number of rotatable bonds is 3. The highest BCUT2D eigenvalue weighted by Gasteiger charge is 2.15. The molecule has 3 nitrogen and oxygen atoms in total. The molecule has 1 aromatic heterocycles. The quantitative estimate of drug-likeness (QED) is 0.783. The second-order valence-corrected chi connectivity index (χ2v) is 6.36. The summed E-state index contributed by atoms with van der Waals surface area (Å²) in [6.45, 7) is 6.69. The van der Waals surface area contributed by atoms with Crippen LogP contribution in [0.25, 0.3) is 10.9 Å². The molecule has 1 aromatic carbocycles. The molecule has 0 saturated heterocycles. The van der Waals surface area contributed by atoms with Crippen LogP contribution in [0.15, 0.2) is 30.3 Å². The number of hydrogen-bond acceptors (Lipinski definition) is 3. The van der Waals surface area contributed by atoms with Gasteiger partial charge in [0.15, 0.2) is 5.69 Å². The van der Waals surface area contributed by atoms with Crippen LogP contribution in [0, 0.1) is 5.41 Å². The Morgan fingerprint density at radius 1 is 1.30 bits per heavy atom. The molecule has 106 valence electrons. The van der Waals surface area contributed by atoms with Gasteiger partial charge in [-0.15, -0.1) is 0 Å². The summed E-state index contributed by atoms with van der Waals surface area (Å²) in [6.07, 6.45) is 0.806. The third kappa shape index (κ3) is 3.70. The van der Waals surface area contributed by atoms with Crippen molar-refractivity contribution in [3.8, 4) is 0 Å². The molecule has 4 heteroatoms. The molecular weight excluding hydrogens is 274 g/mol. The first kappa shape index (κ1) is 14.8. The van der Waals surface area contributed by atoms with Gasteiger partial charge in [0.05, 0.1) is 17.1 Å². The monoisotopic (exact) mass is 291 g/mol. The highest BCUT2D eigenvalue weighted by atomic mass is 35.5. The van der Waals surface area contributed by atoms with Crippen molar-refractivity contribution in [1.82, 2.24) is 4.98 Å². The Kier molecular flexibility index (Phi) is 4.29. The summed E-state index contributed by atoms with van der Waals surface area (Å²) in [6, 6.07) is 9.01. The van der Waals surface area contributed by atoms with Gasteiger partial charge in [0, 0.05) is 5.39 Å². The molecule has 2 rings (SSSR count). The Bertz CT molecular complexity index is 632. The Morgan fingerprint density at radius 3 is 2.70 bits per heavy atom. The molecule has 0 amide bonds. The molecule has 0 N–H and O–H groups in total. The van der Waals surface area contributed by atoms with Gasteiger partial charge in [0.1, 0.15) is 0 Å². The average Bonchev–Trinajstić information content (AvgIpc) is 2.37. The molecule has 1 heterocycles. The van der Waals surface area contributed by atoms with E-state index in [1.54, 1.807) is 6.07 Å². The first-order valence-electron chi connectivity index (χ1n) is 6.59. The summed E-state index contributed by atoms with van der Waals surface area (Å²) in [5, 5.41) is 1.35. The van der Waals surface area contributed by atoms with E-state index < -0.39 is 5.97 Å². The van der Waals surface area contributed by atoms with Crippen molar-refractivity contribution in [3.63, 3.8) is 0 Å². The lowest BCUT2D eigenvalue weighted by molar-refractivity contribution is 0.0458. The van der Waals surface area contributed by atoms with Gasteiger partial charge in [-0.1, -0.05) is 50.6 Å². The van der Waals surface area contributed by atoms with Gasteiger partial charge >= 0.3 is 5.97 Å². The lowest BCUT2D eigenvalue weighted by Gasteiger charge is -2.17. The third-order valence-corrected chi connectivity index (χ3v) is 3.27. The van der Waals surface area contributed by atoms with Crippen molar-refractivity contribution in [2.24, 2.45) is 5.41 Å². The lowest BCUT2D eigenvalue weighted by atomic mass is 9.93. The first-order chi connectivity index (χ1) is 9.37. The van der Waals surface area contributed by atoms with Crippen LogP contribution in [-0.4, -0.2) is 17.6 Å².